The third-order valence-corrected chi connectivity index (χ3v) is 4.01. The quantitative estimate of drug-likeness (QED) is 0.588. The Labute approximate surface area is 167 Å². The van der Waals surface area contributed by atoms with Crippen LogP contribution in [0.3, 0.4) is 0 Å². The Hall–Kier alpha value is -4.00. The standard InChI is InChI=1S/C22H20N2O5/c1-27-17-9-5-15(6-10-17)7-12-21(25)23-16-8-11-18(20(14-16)28-2)24-22(26)19-4-3-13-29-19/h3-14H,1-2H3,(H,23,25)(H,24,26)/b12-7+. The fourth-order valence-electron chi connectivity index (χ4n) is 2.53. The second kappa shape index (κ2) is 9.27. The van der Waals surface area contributed by atoms with E-state index in [0.717, 1.165) is 11.3 Å². The maximum Gasteiger partial charge on any atom is 0.291 e. The van der Waals surface area contributed by atoms with Crippen LogP contribution in [0.1, 0.15) is 16.1 Å². The predicted molar refractivity (Wildman–Crippen MR) is 110 cm³/mol. The molecule has 0 aliphatic carbocycles. The van der Waals surface area contributed by atoms with E-state index in [2.05, 4.69) is 10.6 Å². The molecule has 0 spiro atoms. The molecule has 0 aliphatic heterocycles. The van der Waals surface area contributed by atoms with Gasteiger partial charge in [0.05, 0.1) is 26.2 Å². The average Bonchev–Trinajstić information content (AvgIpc) is 3.29. The molecule has 29 heavy (non-hydrogen) atoms. The minimum Gasteiger partial charge on any atom is -0.497 e. The number of methoxy groups -OCH3 is 2. The van der Waals surface area contributed by atoms with Crippen molar-refractivity contribution in [1.29, 1.82) is 0 Å². The van der Waals surface area contributed by atoms with Crippen LogP contribution in [0, 0.1) is 0 Å². The Balaban J connectivity index is 1.65. The number of rotatable bonds is 7. The largest absolute Gasteiger partial charge is 0.497 e. The molecular weight excluding hydrogens is 372 g/mol. The molecule has 7 heteroatoms. The van der Waals surface area contributed by atoms with Gasteiger partial charge < -0.3 is 24.5 Å². The molecule has 0 unspecified atom stereocenters. The summed E-state index contributed by atoms with van der Waals surface area (Å²) in [6, 6.07) is 15.5. The topological polar surface area (TPSA) is 89.8 Å². The van der Waals surface area contributed by atoms with Crippen LogP contribution in [0.25, 0.3) is 6.08 Å². The maximum absolute atomic E-state index is 12.2. The lowest BCUT2D eigenvalue weighted by atomic mass is 10.2. The third-order valence-electron chi connectivity index (χ3n) is 4.01. The number of amides is 2. The Bertz CT molecular complexity index is 1010. The van der Waals surface area contributed by atoms with Crippen molar-refractivity contribution in [3.8, 4) is 11.5 Å². The molecule has 0 atom stereocenters. The van der Waals surface area contributed by atoms with Crippen LogP contribution in [-0.4, -0.2) is 26.0 Å². The van der Waals surface area contributed by atoms with Gasteiger partial charge in [-0.25, -0.2) is 0 Å². The van der Waals surface area contributed by atoms with Gasteiger partial charge in [-0.05, 0) is 48.0 Å². The molecule has 0 bridgehead atoms. The molecule has 0 saturated carbocycles. The molecule has 0 fully saturated rings. The summed E-state index contributed by atoms with van der Waals surface area (Å²) in [6.07, 6.45) is 4.55. The highest BCUT2D eigenvalue weighted by Crippen LogP contribution is 2.28. The molecule has 2 N–H and O–H groups in total. The number of carbonyl (C=O) groups excluding carboxylic acids is 2. The van der Waals surface area contributed by atoms with Crippen LogP contribution in [0.2, 0.25) is 0 Å². The summed E-state index contributed by atoms with van der Waals surface area (Å²) in [5.41, 5.74) is 1.86. The van der Waals surface area contributed by atoms with E-state index in [9.17, 15) is 9.59 Å². The SMILES string of the molecule is COc1ccc(/C=C/C(=O)Nc2ccc(NC(=O)c3ccco3)c(OC)c2)cc1. The molecule has 0 saturated heterocycles. The van der Waals surface area contributed by atoms with Gasteiger partial charge in [-0.3, -0.25) is 9.59 Å². The second-order valence-corrected chi connectivity index (χ2v) is 5.94. The minimum atomic E-state index is -0.396. The summed E-state index contributed by atoms with van der Waals surface area (Å²) in [7, 11) is 3.08. The second-order valence-electron chi connectivity index (χ2n) is 5.94. The van der Waals surface area contributed by atoms with Crippen molar-refractivity contribution >= 4 is 29.3 Å². The highest BCUT2D eigenvalue weighted by molar-refractivity contribution is 6.04. The molecule has 3 rings (SSSR count). The lowest BCUT2D eigenvalue weighted by molar-refractivity contribution is -0.111. The van der Waals surface area contributed by atoms with E-state index in [1.54, 1.807) is 43.5 Å². The van der Waals surface area contributed by atoms with Gasteiger partial charge in [0.15, 0.2) is 5.76 Å². The van der Waals surface area contributed by atoms with Gasteiger partial charge in [-0.2, -0.15) is 0 Å². The predicted octanol–water partition coefficient (Wildman–Crippen LogP) is 4.20. The molecule has 148 valence electrons. The number of benzene rings is 2. The Kier molecular flexibility index (Phi) is 6.32. The van der Waals surface area contributed by atoms with Crippen LogP contribution >= 0.6 is 0 Å². The number of anilines is 2. The van der Waals surface area contributed by atoms with E-state index in [-0.39, 0.29) is 11.7 Å². The monoisotopic (exact) mass is 392 g/mol. The van der Waals surface area contributed by atoms with E-state index in [0.29, 0.717) is 17.1 Å². The van der Waals surface area contributed by atoms with Gasteiger partial charge in [-0.15, -0.1) is 0 Å². The molecule has 7 nitrogen and oxygen atoms in total. The van der Waals surface area contributed by atoms with E-state index in [1.807, 2.05) is 24.3 Å². The van der Waals surface area contributed by atoms with Gasteiger partial charge in [0.1, 0.15) is 11.5 Å². The van der Waals surface area contributed by atoms with E-state index < -0.39 is 5.91 Å². The van der Waals surface area contributed by atoms with Crippen molar-refractivity contribution < 1.29 is 23.5 Å². The Morgan fingerprint density at radius 3 is 2.41 bits per heavy atom. The summed E-state index contributed by atoms with van der Waals surface area (Å²) in [5.74, 6) is 0.649. The number of hydrogen-bond acceptors (Lipinski definition) is 5. The van der Waals surface area contributed by atoms with Crippen molar-refractivity contribution in [2.45, 2.75) is 0 Å². The first-order valence-corrected chi connectivity index (χ1v) is 8.75. The number of nitrogens with one attached hydrogen (secondary N) is 2. The lowest BCUT2D eigenvalue weighted by Gasteiger charge is -2.11. The maximum atomic E-state index is 12.2. The van der Waals surface area contributed by atoms with Crippen LogP contribution in [0.4, 0.5) is 11.4 Å². The summed E-state index contributed by atoms with van der Waals surface area (Å²) >= 11 is 0. The minimum absolute atomic E-state index is 0.188. The highest BCUT2D eigenvalue weighted by atomic mass is 16.5. The van der Waals surface area contributed by atoms with Crippen molar-refractivity contribution in [1.82, 2.24) is 0 Å². The number of ether oxygens (including phenoxy) is 2. The first-order valence-electron chi connectivity index (χ1n) is 8.75. The van der Waals surface area contributed by atoms with Gasteiger partial charge in [0.2, 0.25) is 5.91 Å². The summed E-state index contributed by atoms with van der Waals surface area (Å²) in [5, 5.41) is 5.46. The fourth-order valence-corrected chi connectivity index (χ4v) is 2.53. The number of hydrogen-bond donors (Lipinski definition) is 2. The summed E-state index contributed by atoms with van der Waals surface area (Å²) in [4.78, 5) is 24.3. The molecule has 2 amide bonds. The zero-order chi connectivity index (χ0) is 20.6. The van der Waals surface area contributed by atoms with Crippen molar-refractivity contribution in [2.75, 3.05) is 24.9 Å². The van der Waals surface area contributed by atoms with Gasteiger partial charge in [-0.1, -0.05) is 12.1 Å². The zero-order valence-electron chi connectivity index (χ0n) is 16.0. The third kappa shape index (κ3) is 5.26. The normalized spacial score (nSPS) is 10.6. The van der Waals surface area contributed by atoms with Gasteiger partial charge >= 0.3 is 0 Å². The lowest BCUT2D eigenvalue weighted by Crippen LogP contribution is -2.12. The molecule has 3 aromatic rings. The van der Waals surface area contributed by atoms with E-state index >= 15 is 0 Å². The van der Waals surface area contributed by atoms with Crippen molar-refractivity contribution in [3.63, 3.8) is 0 Å². The highest BCUT2D eigenvalue weighted by Gasteiger charge is 2.12. The molecule has 2 aromatic carbocycles. The number of furan rings is 1. The van der Waals surface area contributed by atoms with Crippen LogP contribution in [0.5, 0.6) is 11.5 Å². The average molecular weight is 392 g/mol. The fraction of sp³-hybridized carbons (Fsp3) is 0.0909. The number of carbonyl (C=O) groups is 2. The van der Waals surface area contributed by atoms with Crippen LogP contribution in [-0.2, 0) is 4.79 Å². The smallest absolute Gasteiger partial charge is 0.291 e. The molecule has 0 aliphatic rings. The van der Waals surface area contributed by atoms with E-state index in [4.69, 9.17) is 13.9 Å². The van der Waals surface area contributed by atoms with Crippen LogP contribution in [0.15, 0.2) is 71.4 Å². The first-order chi connectivity index (χ1) is 14.1. The van der Waals surface area contributed by atoms with E-state index in [1.165, 1.54) is 19.4 Å². The molecule has 0 radical (unpaired) electrons. The first kappa shape index (κ1) is 19.8. The van der Waals surface area contributed by atoms with Crippen molar-refractivity contribution in [3.05, 3.63) is 78.3 Å². The van der Waals surface area contributed by atoms with Gasteiger partial charge in [0, 0.05) is 17.8 Å². The molecular formula is C22H20N2O5. The molecule has 1 heterocycles. The zero-order valence-corrected chi connectivity index (χ0v) is 16.0. The Morgan fingerprint density at radius 2 is 1.76 bits per heavy atom. The van der Waals surface area contributed by atoms with Crippen molar-refractivity contribution in [2.24, 2.45) is 0 Å². The summed E-state index contributed by atoms with van der Waals surface area (Å²) < 4.78 is 15.5. The molecule has 1 aromatic heterocycles. The van der Waals surface area contributed by atoms with Crippen LogP contribution < -0.4 is 20.1 Å². The van der Waals surface area contributed by atoms with Gasteiger partial charge in [0.25, 0.3) is 5.91 Å². The Morgan fingerprint density at radius 1 is 0.966 bits per heavy atom. The summed E-state index contributed by atoms with van der Waals surface area (Å²) in [6.45, 7) is 0.